The maximum Gasteiger partial charge on any atom is 0.294 e. The van der Waals surface area contributed by atoms with Crippen molar-refractivity contribution in [3.8, 4) is 5.75 Å². The van der Waals surface area contributed by atoms with Gasteiger partial charge in [-0.3, -0.25) is 4.79 Å². The summed E-state index contributed by atoms with van der Waals surface area (Å²) in [6.07, 6.45) is -0.713. The number of fused-ring (bicyclic) bond motifs is 1. The fourth-order valence-corrected chi connectivity index (χ4v) is 2.62. The van der Waals surface area contributed by atoms with E-state index in [1.165, 1.54) is 0 Å². The van der Waals surface area contributed by atoms with Gasteiger partial charge in [0.05, 0.1) is 5.41 Å². The lowest BCUT2D eigenvalue weighted by Crippen LogP contribution is -2.43. The Hall–Kier alpha value is -2.91. The van der Waals surface area contributed by atoms with Crippen molar-refractivity contribution in [2.75, 3.05) is 32.8 Å². The molecule has 0 aromatic heterocycles. The van der Waals surface area contributed by atoms with Gasteiger partial charge in [0.1, 0.15) is 25.1 Å². The van der Waals surface area contributed by atoms with Crippen LogP contribution in [0.4, 0.5) is 0 Å². The van der Waals surface area contributed by atoms with E-state index in [-0.39, 0.29) is 19.1 Å². The predicted molar refractivity (Wildman–Crippen MR) is 108 cm³/mol. The topological polar surface area (TPSA) is 123 Å². The maximum absolute atomic E-state index is 12.0. The molecule has 1 amide bonds. The zero-order chi connectivity index (χ0) is 21.3. The number of amides is 1. The SMILES string of the molecule is CC(C)(CO[N+](=O)[O-])C(=O)NCCNCC(O)COc1cccc2ccccc12. The molecule has 0 aliphatic heterocycles. The maximum atomic E-state index is 12.0. The normalized spacial score (nSPS) is 12.4. The van der Waals surface area contributed by atoms with E-state index in [0.29, 0.717) is 25.4 Å². The van der Waals surface area contributed by atoms with Crippen molar-refractivity contribution < 1.29 is 24.6 Å². The molecule has 1 atom stereocenters. The van der Waals surface area contributed by atoms with E-state index >= 15 is 0 Å². The summed E-state index contributed by atoms with van der Waals surface area (Å²) in [7, 11) is 0. The van der Waals surface area contributed by atoms with E-state index in [0.717, 1.165) is 10.8 Å². The van der Waals surface area contributed by atoms with Gasteiger partial charge in [-0.05, 0) is 25.3 Å². The summed E-state index contributed by atoms with van der Waals surface area (Å²) in [5.74, 6) is 0.370. The van der Waals surface area contributed by atoms with Crippen molar-refractivity contribution in [2.45, 2.75) is 20.0 Å². The molecule has 3 N–H and O–H groups in total. The Balaban J connectivity index is 1.65. The summed E-state index contributed by atoms with van der Waals surface area (Å²) in [5, 5.41) is 27.2. The molecule has 0 bridgehead atoms. The molecule has 0 radical (unpaired) electrons. The number of nitrogens with one attached hydrogen (secondary N) is 2. The van der Waals surface area contributed by atoms with Gasteiger partial charge >= 0.3 is 0 Å². The minimum atomic E-state index is -1.01. The van der Waals surface area contributed by atoms with E-state index in [9.17, 15) is 20.0 Å². The van der Waals surface area contributed by atoms with E-state index in [1.807, 2.05) is 42.5 Å². The molecule has 2 rings (SSSR count). The largest absolute Gasteiger partial charge is 0.490 e. The number of hydrogen-bond donors (Lipinski definition) is 3. The Kier molecular flexibility index (Phi) is 8.17. The van der Waals surface area contributed by atoms with Gasteiger partial charge in [-0.1, -0.05) is 36.4 Å². The quantitative estimate of drug-likeness (QED) is 0.278. The van der Waals surface area contributed by atoms with E-state index in [4.69, 9.17) is 4.74 Å². The molecule has 0 heterocycles. The molecule has 0 aliphatic carbocycles. The molecule has 9 heteroatoms. The molecule has 0 saturated heterocycles. The van der Waals surface area contributed by atoms with Crippen LogP contribution < -0.4 is 15.4 Å². The van der Waals surface area contributed by atoms with Crippen LogP contribution in [-0.4, -0.2) is 55.1 Å². The lowest BCUT2D eigenvalue weighted by Gasteiger charge is -2.22. The molecule has 2 aromatic rings. The Bertz CT molecular complexity index is 821. The number of ether oxygens (including phenoxy) is 1. The Morgan fingerprint density at radius 2 is 1.93 bits per heavy atom. The van der Waals surface area contributed by atoms with Crippen molar-refractivity contribution in [1.29, 1.82) is 0 Å². The molecule has 1 unspecified atom stereocenters. The van der Waals surface area contributed by atoms with Gasteiger partial charge in [-0.2, -0.15) is 0 Å². The first kappa shape index (κ1) is 22.4. The molecule has 0 saturated carbocycles. The van der Waals surface area contributed by atoms with Gasteiger partial charge in [-0.25, -0.2) is 0 Å². The van der Waals surface area contributed by atoms with Crippen LogP contribution in [0.15, 0.2) is 42.5 Å². The molecular formula is C20H27N3O6. The summed E-state index contributed by atoms with van der Waals surface area (Å²) < 4.78 is 5.74. The second kappa shape index (κ2) is 10.6. The number of aliphatic hydroxyl groups excluding tert-OH is 1. The van der Waals surface area contributed by atoms with Crippen molar-refractivity contribution in [1.82, 2.24) is 10.6 Å². The van der Waals surface area contributed by atoms with Crippen molar-refractivity contribution in [3.05, 3.63) is 52.6 Å². The van der Waals surface area contributed by atoms with Crippen LogP contribution >= 0.6 is 0 Å². The molecular weight excluding hydrogens is 378 g/mol. The van der Waals surface area contributed by atoms with Gasteiger partial charge in [0.15, 0.2) is 0 Å². The fourth-order valence-electron chi connectivity index (χ4n) is 2.62. The van der Waals surface area contributed by atoms with Crippen LogP contribution in [0.1, 0.15) is 13.8 Å². The van der Waals surface area contributed by atoms with Crippen LogP contribution in [0, 0.1) is 15.5 Å². The summed E-state index contributed by atoms with van der Waals surface area (Å²) in [6.45, 7) is 4.00. The smallest absolute Gasteiger partial charge is 0.294 e. The van der Waals surface area contributed by atoms with Crippen molar-refractivity contribution in [2.24, 2.45) is 5.41 Å². The highest BCUT2D eigenvalue weighted by molar-refractivity contribution is 5.88. The van der Waals surface area contributed by atoms with Crippen LogP contribution in [0.25, 0.3) is 10.8 Å². The van der Waals surface area contributed by atoms with Crippen LogP contribution in [-0.2, 0) is 9.63 Å². The molecule has 9 nitrogen and oxygen atoms in total. The molecule has 29 heavy (non-hydrogen) atoms. The number of hydrogen-bond acceptors (Lipinski definition) is 7. The Morgan fingerprint density at radius 1 is 1.21 bits per heavy atom. The van der Waals surface area contributed by atoms with Gasteiger partial charge in [-0.15, -0.1) is 10.1 Å². The Morgan fingerprint density at radius 3 is 2.69 bits per heavy atom. The van der Waals surface area contributed by atoms with E-state index < -0.39 is 16.6 Å². The van der Waals surface area contributed by atoms with Gasteiger partial charge < -0.3 is 25.3 Å². The number of benzene rings is 2. The average Bonchev–Trinajstić information content (AvgIpc) is 2.70. The molecule has 0 spiro atoms. The average molecular weight is 405 g/mol. The summed E-state index contributed by atoms with van der Waals surface area (Å²) >= 11 is 0. The third-order valence-corrected chi connectivity index (χ3v) is 4.29. The third kappa shape index (κ3) is 7.20. The summed E-state index contributed by atoms with van der Waals surface area (Å²) in [6, 6.07) is 13.6. The van der Waals surface area contributed by atoms with E-state index in [2.05, 4.69) is 15.5 Å². The lowest BCUT2D eigenvalue weighted by molar-refractivity contribution is -0.760. The number of carbonyl (C=O) groups excluding carboxylic acids is 1. The highest BCUT2D eigenvalue weighted by Crippen LogP contribution is 2.25. The molecule has 2 aromatic carbocycles. The number of aliphatic hydroxyl groups is 1. The van der Waals surface area contributed by atoms with Crippen LogP contribution in [0.5, 0.6) is 5.75 Å². The van der Waals surface area contributed by atoms with Crippen LogP contribution in [0.3, 0.4) is 0 Å². The van der Waals surface area contributed by atoms with Crippen molar-refractivity contribution in [3.63, 3.8) is 0 Å². The minimum Gasteiger partial charge on any atom is -0.490 e. The second-order valence-corrected chi connectivity index (χ2v) is 7.28. The molecule has 0 aliphatic rings. The highest BCUT2D eigenvalue weighted by atomic mass is 16.9. The number of rotatable bonds is 12. The number of carbonyl (C=O) groups is 1. The zero-order valence-electron chi connectivity index (χ0n) is 16.6. The standard InChI is InChI=1S/C20H27N3O6/c1-20(2,14-29-23(26)27)19(25)22-11-10-21-12-16(24)13-28-18-9-5-7-15-6-3-4-8-17(15)18/h3-9,16,21,24H,10-14H2,1-2H3,(H,22,25). The highest BCUT2D eigenvalue weighted by Gasteiger charge is 2.28. The van der Waals surface area contributed by atoms with Crippen molar-refractivity contribution >= 4 is 16.7 Å². The third-order valence-electron chi connectivity index (χ3n) is 4.29. The van der Waals surface area contributed by atoms with Gasteiger partial charge in [0.25, 0.3) is 5.09 Å². The molecule has 158 valence electrons. The summed E-state index contributed by atoms with van der Waals surface area (Å²) in [4.78, 5) is 26.6. The second-order valence-electron chi connectivity index (χ2n) is 7.28. The Labute approximate surface area is 169 Å². The van der Waals surface area contributed by atoms with E-state index in [1.54, 1.807) is 13.8 Å². The monoisotopic (exact) mass is 405 g/mol. The first-order chi connectivity index (χ1) is 13.8. The first-order valence-corrected chi connectivity index (χ1v) is 9.34. The number of nitrogens with zero attached hydrogens (tertiary/aromatic N) is 1. The van der Waals surface area contributed by atoms with Crippen LogP contribution in [0.2, 0.25) is 0 Å². The molecule has 0 fully saturated rings. The van der Waals surface area contributed by atoms with Gasteiger partial charge in [0, 0.05) is 25.0 Å². The zero-order valence-corrected chi connectivity index (χ0v) is 16.6. The minimum absolute atomic E-state index is 0.138. The summed E-state index contributed by atoms with van der Waals surface area (Å²) in [5.41, 5.74) is -1.01. The fraction of sp³-hybridized carbons (Fsp3) is 0.450. The first-order valence-electron chi connectivity index (χ1n) is 9.34. The van der Waals surface area contributed by atoms with Gasteiger partial charge in [0.2, 0.25) is 5.91 Å². The predicted octanol–water partition coefficient (Wildman–Crippen LogP) is 1.52. The lowest BCUT2D eigenvalue weighted by atomic mass is 9.94.